The number of hydrogen-bond acceptors (Lipinski definition) is 0. The predicted octanol–water partition coefficient (Wildman–Crippen LogP) is 4.61. The molecule has 12 heavy (non-hydrogen) atoms. The number of rotatable bonds is 8. The van der Waals surface area contributed by atoms with Gasteiger partial charge < -0.3 is 0 Å². The highest BCUT2D eigenvalue weighted by Gasteiger charge is 2.04. The average molecular weight is 191 g/mol. The van der Waals surface area contributed by atoms with Crippen LogP contribution in [0.1, 0.15) is 58.8 Å². The summed E-state index contributed by atoms with van der Waals surface area (Å²) in [5.41, 5.74) is 0. The fraction of sp³-hybridized carbons (Fsp3) is 1.00. The van der Waals surface area contributed by atoms with Crippen molar-refractivity contribution in [1.82, 2.24) is 0 Å². The maximum atomic E-state index is 5.86. The maximum Gasteiger partial charge on any atom is 0.0251 e. The zero-order chi connectivity index (χ0) is 9.23. The van der Waals surface area contributed by atoms with Crippen LogP contribution in [0.3, 0.4) is 0 Å². The van der Waals surface area contributed by atoms with Gasteiger partial charge in [0.25, 0.3) is 0 Å². The lowest BCUT2D eigenvalue weighted by Crippen LogP contribution is -2.01. The molecule has 0 aliphatic rings. The molecule has 0 saturated carbocycles. The molecule has 0 saturated heterocycles. The molecule has 1 atom stereocenters. The normalized spacial score (nSPS) is 13.2. The highest BCUT2D eigenvalue weighted by Crippen LogP contribution is 2.17. The lowest BCUT2D eigenvalue weighted by atomic mass is 9.98. The molecule has 0 amide bonds. The number of halogens is 1. The summed E-state index contributed by atoms with van der Waals surface area (Å²) in [4.78, 5) is 0. The Labute approximate surface area is 82.7 Å². The fourth-order valence-electron chi connectivity index (χ4n) is 1.57. The highest BCUT2D eigenvalue weighted by molar-refractivity contribution is 6.18. The molecule has 0 nitrogen and oxygen atoms in total. The van der Waals surface area contributed by atoms with Crippen molar-refractivity contribution >= 4 is 11.6 Å². The first-order valence-electron chi connectivity index (χ1n) is 5.41. The second-order valence-electron chi connectivity index (χ2n) is 3.66. The molecule has 0 rings (SSSR count). The first-order valence-corrected chi connectivity index (χ1v) is 5.94. The molecule has 0 aliphatic heterocycles. The van der Waals surface area contributed by atoms with Crippen molar-refractivity contribution in [1.29, 1.82) is 0 Å². The summed E-state index contributed by atoms with van der Waals surface area (Å²) in [6.07, 6.45) is 9.44. The lowest BCUT2D eigenvalue weighted by molar-refractivity contribution is 0.460. The van der Waals surface area contributed by atoms with E-state index in [9.17, 15) is 0 Å². The van der Waals surface area contributed by atoms with Crippen LogP contribution < -0.4 is 0 Å². The van der Waals surface area contributed by atoms with E-state index in [2.05, 4.69) is 13.8 Å². The van der Waals surface area contributed by atoms with Gasteiger partial charge >= 0.3 is 0 Å². The van der Waals surface area contributed by atoms with Crippen molar-refractivity contribution < 1.29 is 0 Å². The smallest absolute Gasteiger partial charge is 0.0251 e. The van der Waals surface area contributed by atoms with Crippen LogP contribution in [-0.2, 0) is 0 Å². The Balaban J connectivity index is 3.19. The van der Waals surface area contributed by atoms with Crippen molar-refractivity contribution in [3.8, 4) is 0 Å². The van der Waals surface area contributed by atoms with Crippen LogP contribution in [0.5, 0.6) is 0 Å². The Morgan fingerprint density at radius 3 is 2.17 bits per heavy atom. The lowest BCUT2D eigenvalue weighted by Gasteiger charge is -2.11. The first-order chi connectivity index (χ1) is 5.85. The number of unbranched alkanes of at least 4 members (excludes halogenated alkanes) is 3. The number of alkyl halides is 1. The van der Waals surface area contributed by atoms with Gasteiger partial charge in [-0.2, -0.15) is 0 Å². The summed E-state index contributed by atoms with van der Waals surface area (Å²) in [6, 6.07) is 0. The van der Waals surface area contributed by atoms with Crippen LogP contribution in [0.4, 0.5) is 0 Å². The Bertz CT molecular complexity index is 81.1. The standard InChI is InChI=1S/C11H23Cl/c1-3-5-6-7-9-11(10-12)8-4-2/h11H,3-10H2,1-2H3/t11-/m1/s1. The monoisotopic (exact) mass is 190 g/mol. The molecule has 0 aromatic heterocycles. The van der Waals surface area contributed by atoms with Crippen LogP contribution in [0.2, 0.25) is 0 Å². The van der Waals surface area contributed by atoms with E-state index in [-0.39, 0.29) is 0 Å². The fourth-order valence-corrected chi connectivity index (χ4v) is 1.88. The molecular weight excluding hydrogens is 168 g/mol. The van der Waals surface area contributed by atoms with E-state index in [1.54, 1.807) is 0 Å². The maximum absolute atomic E-state index is 5.86. The molecule has 0 bridgehead atoms. The third kappa shape index (κ3) is 6.97. The molecule has 0 fully saturated rings. The summed E-state index contributed by atoms with van der Waals surface area (Å²) in [6.45, 7) is 4.50. The van der Waals surface area contributed by atoms with E-state index >= 15 is 0 Å². The molecular formula is C11H23Cl. The molecule has 0 unspecified atom stereocenters. The summed E-state index contributed by atoms with van der Waals surface area (Å²) in [5.74, 6) is 1.65. The van der Waals surface area contributed by atoms with Gasteiger partial charge in [-0.05, 0) is 18.8 Å². The molecule has 74 valence electrons. The summed E-state index contributed by atoms with van der Waals surface area (Å²) in [7, 11) is 0. The second kappa shape index (κ2) is 9.38. The van der Waals surface area contributed by atoms with Gasteiger partial charge in [0, 0.05) is 5.88 Å². The second-order valence-corrected chi connectivity index (χ2v) is 3.97. The van der Waals surface area contributed by atoms with Gasteiger partial charge in [-0.15, -0.1) is 11.6 Å². The van der Waals surface area contributed by atoms with Crippen molar-refractivity contribution in [2.24, 2.45) is 5.92 Å². The van der Waals surface area contributed by atoms with Gasteiger partial charge in [0.15, 0.2) is 0 Å². The SMILES string of the molecule is CCCCCC[C@H](CCl)CCC. The number of hydrogen-bond donors (Lipinski definition) is 0. The minimum atomic E-state index is 0.786. The molecule has 0 aromatic rings. The van der Waals surface area contributed by atoms with Crippen LogP contribution in [-0.4, -0.2) is 5.88 Å². The minimum absolute atomic E-state index is 0.786. The molecule has 0 aliphatic carbocycles. The minimum Gasteiger partial charge on any atom is -0.126 e. The molecule has 0 aromatic carbocycles. The topological polar surface area (TPSA) is 0 Å². The van der Waals surface area contributed by atoms with Gasteiger partial charge in [0.1, 0.15) is 0 Å². The predicted molar refractivity (Wildman–Crippen MR) is 57.9 cm³/mol. The Morgan fingerprint density at radius 2 is 1.67 bits per heavy atom. The Kier molecular flexibility index (Phi) is 9.61. The highest BCUT2D eigenvalue weighted by atomic mass is 35.5. The van der Waals surface area contributed by atoms with Crippen molar-refractivity contribution in [2.45, 2.75) is 58.8 Å². The molecule has 1 heteroatoms. The zero-order valence-electron chi connectivity index (χ0n) is 8.61. The molecule has 0 heterocycles. The third-order valence-electron chi connectivity index (χ3n) is 2.38. The average Bonchev–Trinajstić information content (AvgIpc) is 2.10. The van der Waals surface area contributed by atoms with Crippen LogP contribution in [0.25, 0.3) is 0 Å². The van der Waals surface area contributed by atoms with Gasteiger partial charge in [0.05, 0.1) is 0 Å². The Hall–Kier alpha value is 0.290. The zero-order valence-corrected chi connectivity index (χ0v) is 9.37. The van der Waals surface area contributed by atoms with Crippen LogP contribution >= 0.6 is 11.6 Å². The van der Waals surface area contributed by atoms with E-state index in [0.29, 0.717) is 0 Å². The van der Waals surface area contributed by atoms with E-state index in [0.717, 1.165) is 11.8 Å². The van der Waals surface area contributed by atoms with Crippen LogP contribution in [0, 0.1) is 5.92 Å². The van der Waals surface area contributed by atoms with E-state index in [4.69, 9.17) is 11.6 Å². The first kappa shape index (κ1) is 12.3. The Morgan fingerprint density at radius 1 is 0.917 bits per heavy atom. The molecule has 0 N–H and O–H groups in total. The van der Waals surface area contributed by atoms with E-state index in [1.165, 1.54) is 44.9 Å². The third-order valence-corrected chi connectivity index (χ3v) is 2.82. The van der Waals surface area contributed by atoms with Gasteiger partial charge in [-0.3, -0.25) is 0 Å². The van der Waals surface area contributed by atoms with Gasteiger partial charge in [0.2, 0.25) is 0 Å². The summed E-state index contributed by atoms with van der Waals surface area (Å²) in [5, 5.41) is 0. The summed E-state index contributed by atoms with van der Waals surface area (Å²) < 4.78 is 0. The van der Waals surface area contributed by atoms with Crippen molar-refractivity contribution in [2.75, 3.05) is 5.88 Å². The largest absolute Gasteiger partial charge is 0.126 e. The van der Waals surface area contributed by atoms with E-state index < -0.39 is 0 Å². The van der Waals surface area contributed by atoms with Crippen LogP contribution in [0.15, 0.2) is 0 Å². The van der Waals surface area contributed by atoms with Gasteiger partial charge in [-0.25, -0.2) is 0 Å². The summed E-state index contributed by atoms with van der Waals surface area (Å²) >= 11 is 5.86. The van der Waals surface area contributed by atoms with E-state index in [1.807, 2.05) is 0 Å². The quantitative estimate of drug-likeness (QED) is 0.387. The van der Waals surface area contributed by atoms with Crippen molar-refractivity contribution in [3.63, 3.8) is 0 Å². The van der Waals surface area contributed by atoms with Crippen molar-refractivity contribution in [3.05, 3.63) is 0 Å². The van der Waals surface area contributed by atoms with Gasteiger partial charge in [-0.1, -0.05) is 46.0 Å². The molecule has 0 radical (unpaired) electrons. The molecule has 0 spiro atoms.